The van der Waals surface area contributed by atoms with Gasteiger partial charge >= 0.3 is 0 Å². The largest absolute Gasteiger partial charge is 0.304 e. The van der Waals surface area contributed by atoms with Crippen molar-refractivity contribution < 1.29 is 0 Å². The molecule has 2 aromatic heterocycles. The van der Waals surface area contributed by atoms with E-state index >= 15 is 0 Å². The first-order valence-corrected chi connectivity index (χ1v) is 9.33. The van der Waals surface area contributed by atoms with Gasteiger partial charge in [-0.05, 0) is 43.4 Å². The predicted octanol–water partition coefficient (Wildman–Crippen LogP) is 3.96. The van der Waals surface area contributed by atoms with E-state index in [2.05, 4.69) is 22.4 Å². The van der Waals surface area contributed by atoms with E-state index in [-0.39, 0.29) is 11.6 Å². The molecule has 1 atom stereocenters. The van der Waals surface area contributed by atoms with Crippen molar-refractivity contribution in [3.05, 3.63) is 68.0 Å². The zero-order chi connectivity index (χ0) is 16.7. The molecule has 0 amide bonds. The summed E-state index contributed by atoms with van der Waals surface area (Å²) in [6, 6.07) is 9.93. The zero-order valence-corrected chi connectivity index (χ0v) is 14.9. The highest BCUT2D eigenvalue weighted by Crippen LogP contribution is 2.41. The number of nitrogens with zero attached hydrogens (tertiary/aromatic N) is 2. The van der Waals surface area contributed by atoms with E-state index in [1.165, 1.54) is 29.7 Å². The molecule has 24 heavy (non-hydrogen) atoms. The molecular formula is C18H18ClN3OS. The van der Waals surface area contributed by atoms with E-state index in [4.69, 9.17) is 11.6 Å². The number of fused-ring (bicyclic) bond motifs is 1. The molecule has 3 aromatic rings. The van der Waals surface area contributed by atoms with Crippen LogP contribution in [0.3, 0.4) is 0 Å². The summed E-state index contributed by atoms with van der Waals surface area (Å²) in [5.41, 5.74) is 2.96. The Morgan fingerprint density at radius 2 is 2.12 bits per heavy atom. The minimum Gasteiger partial charge on any atom is -0.304 e. The van der Waals surface area contributed by atoms with Gasteiger partial charge in [-0.3, -0.25) is 9.20 Å². The lowest BCUT2D eigenvalue weighted by atomic mass is 10.0. The molecule has 2 heterocycles. The van der Waals surface area contributed by atoms with E-state index in [0.717, 1.165) is 21.4 Å². The Morgan fingerprint density at radius 1 is 1.38 bits per heavy atom. The summed E-state index contributed by atoms with van der Waals surface area (Å²) >= 11 is 7.50. The fourth-order valence-electron chi connectivity index (χ4n) is 3.06. The normalized spacial score (nSPS) is 15.8. The molecule has 0 spiro atoms. The highest BCUT2D eigenvalue weighted by atomic mass is 35.5. The summed E-state index contributed by atoms with van der Waals surface area (Å²) in [5.74, 6) is 0.653. The summed E-state index contributed by atoms with van der Waals surface area (Å²) in [7, 11) is 0. The fraction of sp³-hybridized carbons (Fsp3) is 0.333. The molecule has 124 valence electrons. The molecule has 0 bridgehead atoms. The molecule has 4 rings (SSSR count). The van der Waals surface area contributed by atoms with Gasteiger partial charge in [0.25, 0.3) is 5.56 Å². The van der Waals surface area contributed by atoms with Crippen molar-refractivity contribution >= 4 is 27.9 Å². The first-order valence-electron chi connectivity index (χ1n) is 8.07. The lowest BCUT2D eigenvalue weighted by molar-refractivity contribution is 0.476. The smallest absolute Gasteiger partial charge is 0.259 e. The zero-order valence-electron chi connectivity index (χ0n) is 13.3. The third kappa shape index (κ3) is 3.11. The maximum absolute atomic E-state index is 12.3. The van der Waals surface area contributed by atoms with Crippen molar-refractivity contribution in [3.8, 4) is 0 Å². The second-order valence-electron chi connectivity index (χ2n) is 6.33. The van der Waals surface area contributed by atoms with Gasteiger partial charge in [-0.2, -0.15) is 0 Å². The first-order chi connectivity index (χ1) is 11.6. The van der Waals surface area contributed by atoms with Crippen LogP contribution in [0.15, 0.2) is 40.5 Å². The highest BCUT2D eigenvalue weighted by molar-refractivity contribution is 7.15. The molecule has 0 saturated heterocycles. The Morgan fingerprint density at radius 3 is 2.83 bits per heavy atom. The van der Waals surface area contributed by atoms with Crippen LogP contribution in [-0.2, 0) is 6.54 Å². The van der Waals surface area contributed by atoms with Crippen LogP contribution in [0.2, 0.25) is 5.02 Å². The van der Waals surface area contributed by atoms with Crippen LogP contribution in [0.25, 0.3) is 4.96 Å². The number of benzene rings is 1. The van der Waals surface area contributed by atoms with Gasteiger partial charge in [0.15, 0.2) is 4.96 Å². The quantitative estimate of drug-likeness (QED) is 0.750. The third-order valence-corrected chi connectivity index (χ3v) is 5.65. The van der Waals surface area contributed by atoms with Crippen molar-refractivity contribution in [2.45, 2.75) is 32.4 Å². The van der Waals surface area contributed by atoms with Gasteiger partial charge < -0.3 is 5.32 Å². The van der Waals surface area contributed by atoms with Gasteiger partial charge in [0, 0.05) is 34.7 Å². The summed E-state index contributed by atoms with van der Waals surface area (Å²) in [6.07, 6.45) is 2.47. The second-order valence-corrected chi connectivity index (χ2v) is 7.60. The minimum atomic E-state index is -0.00925. The van der Waals surface area contributed by atoms with E-state index in [9.17, 15) is 4.79 Å². The van der Waals surface area contributed by atoms with E-state index in [0.29, 0.717) is 12.5 Å². The lowest BCUT2D eigenvalue weighted by Crippen LogP contribution is -2.25. The van der Waals surface area contributed by atoms with Crippen LogP contribution in [-0.4, -0.2) is 9.38 Å². The van der Waals surface area contributed by atoms with Gasteiger partial charge in [-0.1, -0.05) is 23.7 Å². The Hall–Kier alpha value is -1.69. The van der Waals surface area contributed by atoms with Crippen molar-refractivity contribution in [2.75, 3.05) is 0 Å². The molecule has 1 N–H and O–H groups in total. The number of hydrogen-bond acceptors (Lipinski definition) is 4. The summed E-state index contributed by atoms with van der Waals surface area (Å²) in [5, 5.41) is 6.29. The van der Waals surface area contributed by atoms with Crippen LogP contribution >= 0.6 is 22.9 Å². The Bertz CT molecular complexity index is 928. The molecule has 1 saturated carbocycles. The SMILES string of the molecule is Cc1csc2nc(CN[C@@H](c3ccc(Cl)cc3)C3CC3)cc(=O)n12. The maximum atomic E-state index is 12.3. The average molecular weight is 360 g/mol. The topological polar surface area (TPSA) is 46.4 Å². The third-order valence-electron chi connectivity index (χ3n) is 4.45. The van der Waals surface area contributed by atoms with Crippen molar-refractivity contribution in [1.82, 2.24) is 14.7 Å². The standard InChI is InChI=1S/C18H18ClN3OS/c1-11-10-24-18-21-15(8-16(23)22(11)18)9-20-17(12-2-3-12)13-4-6-14(19)7-5-13/h4-8,10,12,17,20H,2-3,9H2,1H3/t17-/m1/s1. The predicted molar refractivity (Wildman–Crippen MR) is 97.8 cm³/mol. The van der Waals surface area contributed by atoms with Crippen LogP contribution < -0.4 is 10.9 Å². The van der Waals surface area contributed by atoms with Gasteiger partial charge in [0.2, 0.25) is 0 Å². The van der Waals surface area contributed by atoms with Crippen molar-refractivity contribution in [2.24, 2.45) is 5.92 Å². The van der Waals surface area contributed by atoms with Crippen LogP contribution in [0.4, 0.5) is 0 Å². The summed E-state index contributed by atoms with van der Waals surface area (Å²) < 4.78 is 1.66. The summed E-state index contributed by atoms with van der Waals surface area (Å²) in [4.78, 5) is 17.6. The van der Waals surface area contributed by atoms with Gasteiger partial charge in [-0.15, -0.1) is 11.3 Å². The van der Waals surface area contributed by atoms with Gasteiger partial charge in [0.05, 0.1) is 5.69 Å². The van der Waals surface area contributed by atoms with Crippen LogP contribution in [0, 0.1) is 12.8 Å². The molecule has 1 aliphatic rings. The molecule has 0 radical (unpaired) electrons. The van der Waals surface area contributed by atoms with Crippen LogP contribution in [0.5, 0.6) is 0 Å². The molecule has 0 unspecified atom stereocenters. The van der Waals surface area contributed by atoms with E-state index in [1.54, 1.807) is 10.5 Å². The first kappa shape index (κ1) is 15.8. The van der Waals surface area contributed by atoms with Crippen molar-refractivity contribution in [3.63, 3.8) is 0 Å². The van der Waals surface area contributed by atoms with Crippen molar-refractivity contribution in [1.29, 1.82) is 0 Å². The number of halogens is 1. The Labute approximate surface area is 149 Å². The molecule has 1 aromatic carbocycles. The molecule has 0 aliphatic heterocycles. The second kappa shape index (κ2) is 6.31. The monoisotopic (exact) mass is 359 g/mol. The lowest BCUT2D eigenvalue weighted by Gasteiger charge is -2.18. The molecule has 1 aliphatic carbocycles. The number of aryl methyl sites for hydroxylation is 1. The molecule has 4 nitrogen and oxygen atoms in total. The number of hydrogen-bond donors (Lipinski definition) is 1. The molecule has 1 fully saturated rings. The van der Waals surface area contributed by atoms with E-state index in [1.807, 2.05) is 24.4 Å². The van der Waals surface area contributed by atoms with E-state index < -0.39 is 0 Å². The number of rotatable bonds is 5. The maximum Gasteiger partial charge on any atom is 0.259 e. The summed E-state index contributed by atoms with van der Waals surface area (Å²) in [6.45, 7) is 2.51. The minimum absolute atomic E-state index is 0.00925. The van der Waals surface area contributed by atoms with Gasteiger partial charge in [-0.25, -0.2) is 4.98 Å². The molecular weight excluding hydrogens is 342 g/mol. The van der Waals surface area contributed by atoms with Gasteiger partial charge in [0.1, 0.15) is 0 Å². The number of nitrogens with one attached hydrogen (secondary N) is 1. The average Bonchev–Trinajstić information content (AvgIpc) is 3.33. The Balaban J connectivity index is 1.56. The Kier molecular flexibility index (Phi) is 4.16. The van der Waals surface area contributed by atoms with Crippen LogP contribution in [0.1, 0.15) is 35.8 Å². The molecule has 6 heteroatoms. The number of aromatic nitrogens is 2. The fourth-order valence-corrected chi connectivity index (χ4v) is 4.08. The highest BCUT2D eigenvalue weighted by Gasteiger charge is 2.32. The number of thiazole rings is 1.